The Morgan fingerprint density at radius 3 is 3.27 bits per heavy atom. The van der Waals surface area contributed by atoms with Crippen molar-refractivity contribution in [2.45, 2.75) is 11.9 Å². The van der Waals surface area contributed by atoms with E-state index >= 15 is 0 Å². The van der Waals surface area contributed by atoms with Gasteiger partial charge in [0.2, 0.25) is 5.79 Å². The first-order valence-corrected chi connectivity index (χ1v) is 5.45. The van der Waals surface area contributed by atoms with Gasteiger partial charge in [0.15, 0.2) is 0 Å². The largest absolute Gasteiger partial charge is 0.342 e. The zero-order chi connectivity index (χ0) is 10.3. The van der Waals surface area contributed by atoms with Gasteiger partial charge >= 0.3 is 0 Å². The zero-order valence-electron chi connectivity index (χ0n) is 8.20. The maximum atomic E-state index is 5.97. The molecule has 0 radical (unpaired) electrons. The molecule has 2 heterocycles. The standard InChI is InChI=1S/C11H12ClNO2/c12-9-3-1-2-8(4-9)11-7-13-5-10(15-11)6-14-11/h1-4,10,13H,5-7H2. The van der Waals surface area contributed by atoms with Crippen molar-refractivity contribution in [2.24, 2.45) is 0 Å². The fourth-order valence-electron chi connectivity index (χ4n) is 2.13. The van der Waals surface area contributed by atoms with Crippen LogP contribution in [0.1, 0.15) is 5.56 Å². The lowest BCUT2D eigenvalue weighted by atomic mass is 10.1. The van der Waals surface area contributed by atoms with E-state index in [0.29, 0.717) is 18.2 Å². The summed E-state index contributed by atoms with van der Waals surface area (Å²) in [5, 5.41) is 4.02. The molecular weight excluding hydrogens is 214 g/mol. The normalized spacial score (nSPS) is 34.3. The summed E-state index contributed by atoms with van der Waals surface area (Å²) in [5.41, 5.74) is 0.990. The second-order valence-corrected chi connectivity index (χ2v) is 4.38. The minimum absolute atomic E-state index is 0.165. The van der Waals surface area contributed by atoms with Gasteiger partial charge in [0, 0.05) is 17.1 Å². The van der Waals surface area contributed by atoms with Crippen LogP contribution in [0.2, 0.25) is 5.02 Å². The van der Waals surface area contributed by atoms with Crippen LogP contribution in [0.3, 0.4) is 0 Å². The molecule has 1 aromatic carbocycles. The van der Waals surface area contributed by atoms with E-state index in [1.54, 1.807) is 0 Å². The Kier molecular flexibility index (Phi) is 2.21. The van der Waals surface area contributed by atoms with Gasteiger partial charge in [0.1, 0.15) is 0 Å². The summed E-state index contributed by atoms with van der Waals surface area (Å²) in [7, 11) is 0. The summed E-state index contributed by atoms with van der Waals surface area (Å²) in [5.74, 6) is -0.617. The fourth-order valence-corrected chi connectivity index (χ4v) is 2.32. The molecule has 2 atom stereocenters. The van der Waals surface area contributed by atoms with E-state index < -0.39 is 5.79 Å². The van der Waals surface area contributed by atoms with E-state index in [9.17, 15) is 0 Å². The summed E-state index contributed by atoms with van der Waals surface area (Å²) < 4.78 is 11.6. The van der Waals surface area contributed by atoms with Crippen LogP contribution in [-0.4, -0.2) is 25.8 Å². The highest BCUT2D eigenvalue weighted by Crippen LogP contribution is 2.36. The molecule has 1 N–H and O–H groups in total. The van der Waals surface area contributed by atoms with Crippen LogP contribution in [0.5, 0.6) is 0 Å². The Hall–Kier alpha value is -0.610. The van der Waals surface area contributed by atoms with Gasteiger partial charge < -0.3 is 14.8 Å². The molecule has 0 spiro atoms. The van der Waals surface area contributed by atoms with Crippen molar-refractivity contribution < 1.29 is 9.47 Å². The Morgan fingerprint density at radius 1 is 1.47 bits per heavy atom. The topological polar surface area (TPSA) is 30.5 Å². The maximum Gasteiger partial charge on any atom is 0.208 e. The van der Waals surface area contributed by atoms with Crippen LogP contribution in [0.4, 0.5) is 0 Å². The highest BCUT2D eigenvalue weighted by Gasteiger charge is 2.46. The lowest BCUT2D eigenvalue weighted by Gasteiger charge is -2.32. The van der Waals surface area contributed by atoms with E-state index in [4.69, 9.17) is 21.1 Å². The molecule has 1 aromatic rings. The summed E-state index contributed by atoms with van der Waals surface area (Å²) in [4.78, 5) is 0. The summed E-state index contributed by atoms with van der Waals surface area (Å²) in [6.45, 7) is 2.20. The highest BCUT2D eigenvalue weighted by molar-refractivity contribution is 6.30. The van der Waals surface area contributed by atoms with Crippen molar-refractivity contribution in [2.75, 3.05) is 19.7 Å². The van der Waals surface area contributed by atoms with Gasteiger partial charge in [-0.15, -0.1) is 0 Å². The molecule has 2 aliphatic rings. The smallest absolute Gasteiger partial charge is 0.208 e. The Morgan fingerprint density at radius 2 is 2.40 bits per heavy atom. The van der Waals surface area contributed by atoms with E-state index in [0.717, 1.165) is 12.1 Å². The lowest BCUT2D eigenvalue weighted by Crippen LogP contribution is -2.46. The molecule has 0 amide bonds. The van der Waals surface area contributed by atoms with Crippen LogP contribution in [0, 0.1) is 0 Å². The van der Waals surface area contributed by atoms with Crippen LogP contribution >= 0.6 is 11.6 Å². The molecule has 2 unspecified atom stereocenters. The van der Waals surface area contributed by atoms with Gasteiger partial charge in [0.05, 0.1) is 19.3 Å². The predicted molar refractivity (Wildman–Crippen MR) is 56.8 cm³/mol. The first-order chi connectivity index (χ1) is 7.28. The number of nitrogens with one attached hydrogen (secondary N) is 1. The third-order valence-electron chi connectivity index (χ3n) is 2.85. The Bertz CT molecular complexity index is 381. The van der Waals surface area contributed by atoms with E-state index in [2.05, 4.69) is 5.32 Å². The SMILES string of the molecule is Clc1cccc(C23CNCC(CO2)O3)c1. The molecule has 15 heavy (non-hydrogen) atoms. The van der Waals surface area contributed by atoms with E-state index in [-0.39, 0.29) is 6.10 Å². The lowest BCUT2D eigenvalue weighted by molar-refractivity contribution is -0.186. The Labute approximate surface area is 93.3 Å². The summed E-state index contributed by atoms with van der Waals surface area (Å²) in [6, 6.07) is 7.66. The van der Waals surface area contributed by atoms with Gasteiger partial charge in [-0.25, -0.2) is 0 Å². The number of halogens is 1. The predicted octanol–water partition coefficient (Wildman–Crippen LogP) is 1.51. The third kappa shape index (κ3) is 1.56. The molecule has 4 heteroatoms. The van der Waals surface area contributed by atoms with Gasteiger partial charge in [-0.2, -0.15) is 0 Å². The molecule has 0 saturated carbocycles. The van der Waals surface area contributed by atoms with Crippen molar-refractivity contribution in [1.82, 2.24) is 5.32 Å². The van der Waals surface area contributed by atoms with Crippen molar-refractivity contribution in [3.05, 3.63) is 34.9 Å². The maximum absolute atomic E-state index is 5.97. The van der Waals surface area contributed by atoms with Gasteiger partial charge in [0.25, 0.3) is 0 Å². The molecule has 3 rings (SSSR count). The van der Waals surface area contributed by atoms with E-state index in [1.165, 1.54) is 0 Å². The third-order valence-corrected chi connectivity index (χ3v) is 3.09. The van der Waals surface area contributed by atoms with Gasteiger partial charge in [-0.1, -0.05) is 23.7 Å². The van der Waals surface area contributed by atoms with Gasteiger partial charge in [-0.05, 0) is 12.1 Å². The molecule has 2 bridgehead atoms. The summed E-state index contributed by atoms with van der Waals surface area (Å²) >= 11 is 5.97. The quantitative estimate of drug-likeness (QED) is 0.786. The number of hydrogen-bond acceptors (Lipinski definition) is 3. The van der Waals surface area contributed by atoms with E-state index in [1.807, 2.05) is 24.3 Å². The Balaban J connectivity index is 1.98. The minimum Gasteiger partial charge on any atom is -0.342 e. The number of fused-ring (bicyclic) bond motifs is 2. The van der Waals surface area contributed by atoms with Crippen molar-refractivity contribution >= 4 is 11.6 Å². The van der Waals surface area contributed by atoms with Crippen LogP contribution in [0.15, 0.2) is 24.3 Å². The molecule has 0 aliphatic carbocycles. The zero-order valence-corrected chi connectivity index (χ0v) is 8.96. The number of rotatable bonds is 1. The molecule has 2 saturated heterocycles. The van der Waals surface area contributed by atoms with Crippen LogP contribution in [-0.2, 0) is 15.3 Å². The number of morpholine rings is 1. The molecular formula is C11H12ClNO2. The second kappa shape index (κ2) is 3.46. The van der Waals surface area contributed by atoms with Crippen LogP contribution in [0.25, 0.3) is 0 Å². The first kappa shape index (κ1) is 9.60. The van der Waals surface area contributed by atoms with Gasteiger partial charge in [-0.3, -0.25) is 0 Å². The average molecular weight is 226 g/mol. The average Bonchev–Trinajstić information content (AvgIpc) is 2.56. The minimum atomic E-state index is -0.617. The second-order valence-electron chi connectivity index (χ2n) is 3.95. The van der Waals surface area contributed by atoms with Crippen molar-refractivity contribution in [1.29, 1.82) is 0 Å². The number of ether oxygens (including phenoxy) is 2. The number of hydrogen-bond donors (Lipinski definition) is 1. The highest BCUT2D eigenvalue weighted by atomic mass is 35.5. The van der Waals surface area contributed by atoms with Crippen LogP contribution < -0.4 is 5.32 Å². The molecule has 80 valence electrons. The molecule has 3 nitrogen and oxygen atoms in total. The summed E-state index contributed by atoms with van der Waals surface area (Å²) in [6.07, 6.45) is 0.165. The van der Waals surface area contributed by atoms with Crippen molar-refractivity contribution in [3.63, 3.8) is 0 Å². The number of benzene rings is 1. The molecule has 2 aliphatic heterocycles. The first-order valence-electron chi connectivity index (χ1n) is 5.07. The monoisotopic (exact) mass is 225 g/mol. The fraction of sp³-hybridized carbons (Fsp3) is 0.455. The molecule has 2 fully saturated rings. The molecule has 0 aromatic heterocycles. The van der Waals surface area contributed by atoms with Crippen molar-refractivity contribution in [3.8, 4) is 0 Å².